The highest BCUT2D eigenvalue weighted by Crippen LogP contribution is 2.23. The molecule has 1 atom stereocenters. The summed E-state index contributed by atoms with van der Waals surface area (Å²) >= 11 is 0. The molecule has 2 N–H and O–H groups in total. The van der Waals surface area contributed by atoms with Crippen LogP contribution in [0.1, 0.15) is 26.7 Å². The minimum absolute atomic E-state index is 0.0940. The molecule has 0 radical (unpaired) electrons. The van der Waals surface area contributed by atoms with Crippen LogP contribution in [0, 0.1) is 5.82 Å². The number of carboxylic acid groups (broad SMARTS) is 1. The first kappa shape index (κ1) is 17.4. The van der Waals surface area contributed by atoms with Crippen molar-refractivity contribution in [1.29, 1.82) is 0 Å². The van der Waals surface area contributed by atoms with E-state index in [-0.39, 0.29) is 17.1 Å². The zero-order chi connectivity index (χ0) is 16.3. The second kappa shape index (κ2) is 6.40. The summed E-state index contributed by atoms with van der Waals surface area (Å²) in [5, 5.41) is 9.19. The largest absolute Gasteiger partial charge is 0.494 e. The molecule has 1 aromatic carbocycles. The van der Waals surface area contributed by atoms with Gasteiger partial charge in [-0.05, 0) is 31.5 Å². The van der Waals surface area contributed by atoms with Crippen molar-refractivity contribution in [3.63, 3.8) is 0 Å². The maximum absolute atomic E-state index is 13.6. The third-order valence-electron chi connectivity index (χ3n) is 3.02. The van der Waals surface area contributed by atoms with Crippen LogP contribution in [-0.2, 0) is 14.8 Å². The number of ether oxygens (including phenoxy) is 1. The number of carbonyl (C=O) groups is 1. The number of sulfonamides is 1. The van der Waals surface area contributed by atoms with Gasteiger partial charge >= 0.3 is 5.97 Å². The van der Waals surface area contributed by atoms with Crippen LogP contribution in [0.25, 0.3) is 0 Å². The molecule has 0 aliphatic carbocycles. The summed E-state index contributed by atoms with van der Waals surface area (Å²) in [4.78, 5) is 10.9. The van der Waals surface area contributed by atoms with Crippen LogP contribution in [0.4, 0.5) is 4.39 Å². The lowest BCUT2D eigenvalue weighted by atomic mass is 9.98. The van der Waals surface area contributed by atoms with Gasteiger partial charge in [0, 0.05) is 0 Å². The lowest BCUT2D eigenvalue weighted by molar-refractivity contribution is -0.143. The Labute approximate surface area is 123 Å². The molecular formula is C13H18FNO5S. The molecule has 6 nitrogen and oxygen atoms in total. The summed E-state index contributed by atoms with van der Waals surface area (Å²) in [6, 6.07) is 3.11. The Balaban J connectivity index is 3.16. The third kappa shape index (κ3) is 3.92. The van der Waals surface area contributed by atoms with Gasteiger partial charge in [-0.3, -0.25) is 4.79 Å². The summed E-state index contributed by atoms with van der Waals surface area (Å²) in [6.07, 6.45) is 0.586. The summed E-state index contributed by atoms with van der Waals surface area (Å²) in [5.74, 6) is -2.22. The van der Waals surface area contributed by atoms with Crippen LogP contribution in [0.3, 0.4) is 0 Å². The number of hydrogen-bond donors (Lipinski definition) is 2. The Bertz CT molecular complexity index is 631. The monoisotopic (exact) mass is 319 g/mol. The maximum atomic E-state index is 13.6. The van der Waals surface area contributed by atoms with E-state index in [1.54, 1.807) is 6.92 Å². The average Bonchev–Trinajstić information content (AvgIpc) is 2.38. The molecule has 0 amide bonds. The van der Waals surface area contributed by atoms with Crippen molar-refractivity contribution in [2.45, 2.75) is 37.1 Å². The van der Waals surface area contributed by atoms with E-state index in [1.807, 2.05) is 0 Å². The minimum Gasteiger partial charge on any atom is -0.494 e. The zero-order valence-electron chi connectivity index (χ0n) is 12.0. The number of benzene rings is 1. The molecule has 0 aliphatic heterocycles. The first-order chi connectivity index (χ1) is 9.66. The van der Waals surface area contributed by atoms with E-state index in [9.17, 15) is 22.7 Å². The molecule has 0 bridgehead atoms. The second-order valence-corrected chi connectivity index (χ2v) is 6.47. The Kier molecular flexibility index (Phi) is 5.30. The van der Waals surface area contributed by atoms with Crippen molar-refractivity contribution in [2.24, 2.45) is 0 Å². The molecule has 0 aliphatic rings. The van der Waals surface area contributed by atoms with Gasteiger partial charge in [-0.1, -0.05) is 13.3 Å². The molecule has 0 fully saturated rings. The fraction of sp³-hybridized carbons (Fsp3) is 0.462. The fourth-order valence-electron chi connectivity index (χ4n) is 1.87. The highest BCUT2D eigenvalue weighted by molar-refractivity contribution is 7.89. The lowest BCUT2D eigenvalue weighted by Crippen LogP contribution is -2.51. The van der Waals surface area contributed by atoms with E-state index in [1.165, 1.54) is 20.1 Å². The topological polar surface area (TPSA) is 92.7 Å². The van der Waals surface area contributed by atoms with Gasteiger partial charge in [0.2, 0.25) is 10.0 Å². The van der Waals surface area contributed by atoms with Crippen molar-refractivity contribution < 1.29 is 27.4 Å². The van der Waals surface area contributed by atoms with Gasteiger partial charge in [-0.25, -0.2) is 12.8 Å². The summed E-state index contributed by atoms with van der Waals surface area (Å²) in [6.45, 7) is 3.01. The number of methoxy groups -OCH3 is 1. The Hall–Kier alpha value is -1.67. The van der Waals surface area contributed by atoms with E-state index in [4.69, 9.17) is 4.74 Å². The quantitative estimate of drug-likeness (QED) is 0.799. The molecule has 0 heterocycles. The molecule has 1 rings (SSSR count). The summed E-state index contributed by atoms with van der Waals surface area (Å²) in [7, 11) is -2.90. The van der Waals surface area contributed by atoms with Crippen LogP contribution >= 0.6 is 0 Å². The number of halogens is 1. The van der Waals surface area contributed by atoms with Crippen LogP contribution in [0.15, 0.2) is 23.1 Å². The van der Waals surface area contributed by atoms with E-state index < -0.39 is 27.3 Å². The smallest absolute Gasteiger partial charge is 0.324 e. The van der Waals surface area contributed by atoms with Crippen molar-refractivity contribution >= 4 is 16.0 Å². The molecular weight excluding hydrogens is 301 g/mol. The predicted octanol–water partition coefficient (Wildman–Crippen LogP) is 1.76. The molecule has 0 saturated carbocycles. The highest BCUT2D eigenvalue weighted by Gasteiger charge is 2.37. The van der Waals surface area contributed by atoms with Gasteiger partial charge < -0.3 is 9.84 Å². The Morgan fingerprint density at radius 2 is 2.10 bits per heavy atom. The minimum atomic E-state index is -4.16. The maximum Gasteiger partial charge on any atom is 0.324 e. The SMILES string of the molecule is CCCC(C)(NS(=O)(=O)c1ccc(OC)c(F)c1)C(=O)O. The molecule has 0 spiro atoms. The molecule has 118 valence electrons. The molecule has 1 unspecified atom stereocenters. The molecule has 0 saturated heterocycles. The normalized spacial score (nSPS) is 14.5. The highest BCUT2D eigenvalue weighted by atomic mass is 32.2. The van der Waals surface area contributed by atoms with Gasteiger partial charge in [0.15, 0.2) is 11.6 Å². The number of hydrogen-bond acceptors (Lipinski definition) is 4. The van der Waals surface area contributed by atoms with Crippen molar-refractivity contribution in [1.82, 2.24) is 4.72 Å². The summed E-state index contributed by atoms with van der Waals surface area (Å²) < 4.78 is 44.8. The molecule has 8 heteroatoms. The van der Waals surface area contributed by atoms with E-state index in [0.29, 0.717) is 6.42 Å². The van der Waals surface area contributed by atoms with Crippen LogP contribution < -0.4 is 9.46 Å². The molecule has 21 heavy (non-hydrogen) atoms. The van der Waals surface area contributed by atoms with Gasteiger partial charge in [0.05, 0.1) is 12.0 Å². The first-order valence-electron chi connectivity index (χ1n) is 6.27. The zero-order valence-corrected chi connectivity index (χ0v) is 12.8. The third-order valence-corrected chi connectivity index (χ3v) is 4.61. The fourth-order valence-corrected chi connectivity index (χ4v) is 3.28. The van der Waals surface area contributed by atoms with Gasteiger partial charge in [0.1, 0.15) is 5.54 Å². The number of rotatable bonds is 7. The number of carboxylic acids is 1. The van der Waals surface area contributed by atoms with Crippen molar-refractivity contribution in [2.75, 3.05) is 7.11 Å². The molecule has 1 aromatic rings. The van der Waals surface area contributed by atoms with Crippen LogP contribution in [-0.4, -0.2) is 32.1 Å². The van der Waals surface area contributed by atoms with Crippen molar-refractivity contribution in [3.05, 3.63) is 24.0 Å². The number of nitrogens with one attached hydrogen (secondary N) is 1. The summed E-state index contributed by atoms with van der Waals surface area (Å²) in [5.41, 5.74) is -1.65. The standard InChI is InChI=1S/C13H18FNO5S/c1-4-7-13(2,12(16)17)15-21(18,19)9-5-6-11(20-3)10(14)8-9/h5-6,8,15H,4,7H2,1-3H3,(H,16,17). The Morgan fingerprint density at radius 3 is 2.52 bits per heavy atom. The average molecular weight is 319 g/mol. The number of aliphatic carboxylic acids is 1. The van der Waals surface area contributed by atoms with Crippen LogP contribution in [0.5, 0.6) is 5.75 Å². The Morgan fingerprint density at radius 1 is 1.48 bits per heavy atom. The van der Waals surface area contributed by atoms with Gasteiger partial charge in [-0.2, -0.15) is 4.72 Å². The first-order valence-corrected chi connectivity index (χ1v) is 7.75. The van der Waals surface area contributed by atoms with Crippen LogP contribution in [0.2, 0.25) is 0 Å². The predicted molar refractivity (Wildman–Crippen MR) is 74.2 cm³/mol. The molecule has 0 aromatic heterocycles. The van der Waals surface area contributed by atoms with Crippen molar-refractivity contribution in [3.8, 4) is 5.75 Å². The van der Waals surface area contributed by atoms with E-state index in [0.717, 1.165) is 12.1 Å². The van der Waals surface area contributed by atoms with E-state index in [2.05, 4.69) is 4.72 Å². The van der Waals surface area contributed by atoms with Gasteiger partial charge in [0.25, 0.3) is 0 Å². The second-order valence-electron chi connectivity index (χ2n) is 4.79. The van der Waals surface area contributed by atoms with E-state index >= 15 is 0 Å². The lowest BCUT2D eigenvalue weighted by Gasteiger charge is -2.25. The van der Waals surface area contributed by atoms with Gasteiger partial charge in [-0.15, -0.1) is 0 Å².